The smallest absolute Gasteiger partial charge is 0.0473 e. The normalized spacial score (nSPS) is 12.6. The minimum Gasteiger partial charge on any atom is -0.396 e. The average molecular weight is 214 g/mol. The summed E-state index contributed by atoms with van der Waals surface area (Å²) < 4.78 is 0. The molecule has 0 saturated carbocycles. The average Bonchev–Trinajstić information content (AvgIpc) is 2.19. The van der Waals surface area contributed by atoms with Crippen LogP contribution in [0.1, 0.15) is 12.5 Å². The van der Waals surface area contributed by atoms with Gasteiger partial charge >= 0.3 is 0 Å². The lowest BCUT2D eigenvalue weighted by molar-refractivity contribution is 0.244. The van der Waals surface area contributed by atoms with Gasteiger partial charge in [-0.2, -0.15) is 0 Å². The summed E-state index contributed by atoms with van der Waals surface area (Å²) in [4.78, 5) is 0. The van der Waals surface area contributed by atoms with Crippen molar-refractivity contribution in [1.82, 2.24) is 0 Å². The molecule has 2 nitrogen and oxygen atoms in total. The highest BCUT2D eigenvalue weighted by Crippen LogP contribution is 2.19. The summed E-state index contributed by atoms with van der Waals surface area (Å²) in [5.74, 6) is 0.259. The first-order valence-electron chi connectivity index (χ1n) is 4.74. The van der Waals surface area contributed by atoms with E-state index < -0.39 is 0 Å². The van der Waals surface area contributed by atoms with Crippen molar-refractivity contribution in [2.45, 2.75) is 13.8 Å². The molecule has 1 aromatic carbocycles. The van der Waals surface area contributed by atoms with Crippen molar-refractivity contribution in [3.05, 3.63) is 28.8 Å². The zero-order valence-corrected chi connectivity index (χ0v) is 9.30. The van der Waals surface area contributed by atoms with Crippen LogP contribution in [0.25, 0.3) is 0 Å². The van der Waals surface area contributed by atoms with E-state index in [1.165, 1.54) is 0 Å². The molecule has 0 saturated heterocycles. The minimum atomic E-state index is 0.201. The first-order chi connectivity index (χ1) is 6.63. The summed E-state index contributed by atoms with van der Waals surface area (Å²) in [5.41, 5.74) is 2.08. The number of hydrogen-bond donors (Lipinski definition) is 2. The number of anilines is 1. The van der Waals surface area contributed by atoms with E-state index in [-0.39, 0.29) is 12.5 Å². The van der Waals surface area contributed by atoms with Crippen molar-refractivity contribution in [2.24, 2.45) is 5.92 Å². The number of aliphatic hydroxyl groups is 1. The highest BCUT2D eigenvalue weighted by atomic mass is 35.5. The molecule has 0 fully saturated rings. The standard InChI is InChI=1S/C11H16ClNO/c1-8(7-14)6-13-10-4-3-9(2)11(12)5-10/h3-5,8,13-14H,6-7H2,1-2H3. The molecule has 1 rings (SSSR count). The SMILES string of the molecule is Cc1ccc(NCC(C)CO)cc1Cl. The molecular weight excluding hydrogens is 198 g/mol. The largest absolute Gasteiger partial charge is 0.396 e. The molecule has 0 heterocycles. The fourth-order valence-corrected chi connectivity index (χ4v) is 1.24. The third kappa shape index (κ3) is 3.20. The molecule has 0 aliphatic heterocycles. The lowest BCUT2D eigenvalue weighted by atomic mass is 10.2. The van der Waals surface area contributed by atoms with Crippen molar-refractivity contribution in [1.29, 1.82) is 0 Å². The zero-order chi connectivity index (χ0) is 10.6. The van der Waals surface area contributed by atoms with Gasteiger partial charge in [-0.25, -0.2) is 0 Å². The van der Waals surface area contributed by atoms with Gasteiger partial charge in [0.25, 0.3) is 0 Å². The summed E-state index contributed by atoms with van der Waals surface area (Å²) in [7, 11) is 0. The number of hydrogen-bond acceptors (Lipinski definition) is 2. The second-order valence-electron chi connectivity index (χ2n) is 3.63. The molecule has 78 valence electrons. The summed E-state index contributed by atoms with van der Waals surface area (Å²) in [6.07, 6.45) is 0. The molecule has 0 bridgehead atoms. The Bertz CT molecular complexity index is 301. The van der Waals surface area contributed by atoms with E-state index in [0.29, 0.717) is 0 Å². The number of benzene rings is 1. The Morgan fingerprint density at radius 2 is 2.21 bits per heavy atom. The summed E-state index contributed by atoms with van der Waals surface area (Å²) in [5, 5.41) is 12.8. The molecule has 3 heteroatoms. The Morgan fingerprint density at radius 1 is 1.50 bits per heavy atom. The summed E-state index contributed by atoms with van der Waals surface area (Å²) >= 11 is 5.97. The van der Waals surface area contributed by atoms with Crippen LogP contribution < -0.4 is 5.32 Å². The molecule has 0 aliphatic carbocycles. The van der Waals surface area contributed by atoms with Crippen molar-refractivity contribution in [3.8, 4) is 0 Å². The van der Waals surface area contributed by atoms with Gasteiger partial charge in [0.15, 0.2) is 0 Å². The highest BCUT2D eigenvalue weighted by Gasteiger charge is 2.00. The van der Waals surface area contributed by atoms with Crippen molar-refractivity contribution in [2.75, 3.05) is 18.5 Å². The van der Waals surface area contributed by atoms with Crippen molar-refractivity contribution in [3.63, 3.8) is 0 Å². The van der Waals surface area contributed by atoms with Crippen LogP contribution in [0.2, 0.25) is 5.02 Å². The maximum absolute atomic E-state index is 8.85. The van der Waals surface area contributed by atoms with E-state index in [9.17, 15) is 0 Å². The minimum absolute atomic E-state index is 0.201. The molecule has 14 heavy (non-hydrogen) atoms. The van der Waals surface area contributed by atoms with E-state index in [0.717, 1.165) is 22.8 Å². The van der Waals surface area contributed by atoms with Crippen LogP contribution in [0, 0.1) is 12.8 Å². The van der Waals surface area contributed by atoms with Gasteiger partial charge in [-0.1, -0.05) is 24.6 Å². The van der Waals surface area contributed by atoms with Gasteiger partial charge in [-0.05, 0) is 30.5 Å². The van der Waals surface area contributed by atoms with Crippen LogP contribution >= 0.6 is 11.6 Å². The van der Waals surface area contributed by atoms with Gasteiger partial charge < -0.3 is 10.4 Å². The summed E-state index contributed by atoms with van der Waals surface area (Å²) in [6, 6.07) is 5.88. The predicted molar refractivity (Wildman–Crippen MR) is 60.9 cm³/mol. The molecule has 2 N–H and O–H groups in total. The number of aryl methyl sites for hydroxylation is 1. The quantitative estimate of drug-likeness (QED) is 0.806. The Balaban J connectivity index is 2.55. The molecule has 0 aliphatic rings. The fourth-order valence-electron chi connectivity index (χ4n) is 1.06. The van der Waals surface area contributed by atoms with Gasteiger partial charge in [0.1, 0.15) is 0 Å². The van der Waals surface area contributed by atoms with Gasteiger partial charge in [0.2, 0.25) is 0 Å². The molecular formula is C11H16ClNO. The molecule has 0 amide bonds. The van der Waals surface area contributed by atoms with Crippen LogP contribution in [0.3, 0.4) is 0 Å². The lowest BCUT2D eigenvalue weighted by Gasteiger charge is -2.11. The fraction of sp³-hybridized carbons (Fsp3) is 0.455. The van der Waals surface area contributed by atoms with E-state index in [1.807, 2.05) is 32.0 Å². The van der Waals surface area contributed by atoms with Gasteiger partial charge in [-0.3, -0.25) is 0 Å². The van der Waals surface area contributed by atoms with E-state index in [1.54, 1.807) is 0 Å². The van der Waals surface area contributed by atoms with Gasteiger partial charge in [0, 0.05) is 23.9 Å². The Labute approximate surface area is 89.9 Å². The number of rotatable bonds is 4. The number of nitrogens with one attached hydrogen (secondary N) is 1. The van der Waals surface area contributed by atoms with Crippen LogP contribution in [-0.2, 0) is 0 Å². The Morgan fingerprint density at radius 3 is 2.79 bits per heavy atom. The predicted octanol–water partition coefficient (Wildman–Crippen LogP) is 2.69. The van der Waals surface area contributed by atoms with Crippen molar-refractivity contribution >= 4 is 17.3 Å². The van der Waals surface area contributed by atoms with Crippen LogP contribution in [0.5, 0.6) is 0 Å². The first-order valence-corrected chi connectivity index (χ1v) is 5.12. The van der Waals surface area contributed by atoms with Crippen LogP contribution in [-0.4, -0.2) is 18.3 Å². The van der Waals surface area contributed by atoms with Gasteiger partial charge in [0.05, 0.1) is 0 Å². The summed E-state index contributed by atoms with van der Waals surface area (Å²) in [6.45, 7) is 4.92. The second-order valence-corrected chi connectivity index (χ2v) is 4.04. The maximum Gasteiger partial charge on any atom is 0.0473 e. The maximum atomic E-state index is 8.85. The lowest BCUT2D eigenvalue weighted by Crippen LogP contribution is -2.14. The molecule has 0 aromatic heterocycles. The second kappa shape index (κ2) is 5.23. The van der Waals surface area contributed by atoms with Crippen molar-refractivity contribution < 1.29 is 5.11 Å². The molecule has 1 atom stereocenters. The number of halogens is 1. The van der Waals surface area contributed by atoms with E-state index in [4.69, 9.17) is 16.7 Å². The van der Waals surface area contributed by atoms with E-state index >= 15 is 0 Å². The number of aliphatic hydroxyl groups excluding tert-OH is 1. The third-order valence-corrected chi connectivity index (χ3v) is 2.55. The Kier molecular flexibility index (Phi) is 4.23. The topological polar surface area (TPSA) is 32.3 Å². The van der Waals surface area contributed by atoms with Gasteiger partial charge in [-0.15, -0.1) is 0 Å². The molecule has 1 aromatic rings. The highest BCUT2D eigenvalue weighted by molar-refractivity contribution is 6.31. The Hall–Kier alpha value is -0.730. The zero-order valence-electron chi connectivity index (χ0n) is 8.55. The monoisotopic (exact) mass is 213 g/mol. The molecule has 1 unspecified atom stereocenters. The first kappa shape index (κ1) is 11.3. The van der Waals surface area contributed by atoms with E-state index in [2.05, 4.69) is 5.32 Å². The molecule has 0 radical (unpaired) electrons. The third-order valence-electron chi connectivity index (χ3n) is 2.14. The van der Waals surface area contributed by atoms with Crippen LogP contribution in [0.4, 0.5) is 5.69 Å². The van der Waals surface area contributed by atoms with Crippen LogP contribution in [0.15, 0.2) is 18.2 Å². The molecule has 0 spiro atoms.